The van der Waals surface area contributed by atoms with Gasteiger partial charge in [-0.2, -0.15) is 0 Å². The Balaban J connectivity index is 2.08. The van der Waals surface area contributed by atoms with E-state index in [4.69, 9.17) is 5.73 Å². The van der Waals surface area contributed by atoms with Gasteiger partial charge < -0.3 is 10.5 Å². The maximum absolute atomic E-state index is 12.2. The van der Waals surface area contributed by atoms with Gasteiger partial charge in [0.1, 0.15) is 5.75 Å². The molecule has 0 amide bonds. The number of alkyl halides is 3. The maximum Gasteiger partial charge on any atom is 0.573 e. The second-order valence-corrected chi connectivity index (χ2v) is 5.11. The molecular formula is C15H13F3N4O. The van der Waals surface area contributed by atoms with Crippen LogP contribution in [0.4, 0.5) is 19.1 Å². The minimum absolute atomic E-state index is 0.260. The van der Waals surface area contributed by atoms with Gasteiger partial charge >= 0.3 is 6.36 Å². The summed E-state index contributed by atoms with van der Waals surface area (Å²) in [6.07, 6.45) is -4.71. The Morgan fingerprint density at radius 2 is 1.74 bits per heavy atom. The number of anilines is 1. The van der Waals surface area contributed by atoms with Gasteiger partial charge in [0.15, 0.2) is 5.65 Å². The van der Waals surface area contributed by atoms with Gasteiger partial charge in [0.25, 0.3) is 0 Å². The lowest BCUT2D eigenvalue weighted by Crippen LogP contribution is -2.16. The van der Waals surface area contributed by atoms with E-state index in [1.165, 1.54) is 12.1 Å². The van der Waals surface area contributed by atoms with Crippen LogP contribution in [-0.4, -0.2) is 21.0 Å². The fourth-order valence-corrected chi connectivity index (χ4v) is 2.67. The zero-order valence-electron chi connectivity index (χ0n) is 12.3. The first-order chi connectivity index (χ1) is 10.8. The monoisotopic (exact) mass is 322 g/mol. The lowest BCUT2D eigenvalue weighted by atomic mass is 9.99. The van der Waals surface area contributed by atoms with E-state index in [1.807, 2.05) is 19.9 Å². The molecule has 2 aromatic heterocycles. The summed E-state index contributed by atoms with van der Waals surface area (Å²) in [6, 6.07) is 7.53. The Hall–Kier alpha value is -2.77. The molecule has 0 spiro atoms. The molecule has 3 aromatic rings. The van der Waals surface area contributed by atoms with Crippen molar-refractivity contribution in [1.29, 1.82) is 0 Å². The molecule has 0 fully saturated rings. The maximum atomic E-state index is 12.2. The predicted molar refractivity (Wildman–Crippen MR) is 79.0 cm³/mol. The molecule has 3 rings (SSSR count). The van der Waals surface area contributed by atoms with Gasteiger partial charge in [-0.15, -0.1) is 23.4 Å². The summed E-state index contributed by atoms with van der Waals surface area (Å²) >= 11 is 0. The number of hydrogen-bond acceptors (Lipinski definition) is 4. The molecule has 120 valence electrons. The Bertz CT molecular complexity index is 869. The van der Waals surface area contributed by atoms with Crippen LogP contribution in [0.15, 0.2) is 30.3 Å². The van der Waals surface area contributed by atoms with Gasteiger partial charge in [-0.25, -0.2) is 0 Å². The van der Waals surface area contributed by atoms with Crippen LogP contribution < -0.4 is 10.5 Å². The quantitative estimate of drug-likeness (QED) is 0.784. The van der Waals surface area contributed by atoms with Crippen molar-refractivity contribution >= 4 is 11.6 Å². The Morgan fingerprint density at radius 3 is 2.35 bits per heavy atom. The van der Waals surface area contributed by atoms with E-state index in [2.05, 4.69) is 14.9 Å². The third-order valence-corrected chi connectivity index (χ3v) is 3.53. The van der Waals surface area contributed by atoms with E-state index in [9.17, 15) is 13.2 Å². The fraction of sp³-hybridized carbons (Fsp3) is 0.200. The van der Waals surface area contributed by atoms with Crippen molar-refractivity contribution in [3.8, 4) is 16.9 Å². The van der Waals surface area contributed by atoms with Crippen molar-refractivity contribution in [3.05, 3.63) is 41.6 Å². The zero-order valence-corrected chi connectivity index (χ0v) is 12.3. The smallest absolute Gasteiger partial charge is 0.406 e. The molecule has 2 N–H and O–H groups in total. The van der Waals surface area contributed by atoms with E-state index in [0.717, 1.165) is 22.4 Å². The molecule has 0 aliphatic rings. The van der Waals surface area contributed by atoms with Crippen molar-refractivity contribution < 1.29 is 17.9 Å². The SMILES string of the molecule is Cc1cc2nnc(N)n2c(C)c1-c1ccc(OC(F)(F)F)cc1. The summed E-state index contributed by atoms with van der Waals surface area (Å²) in [4.78, 5) is 0. The molecule has 8 heteroatoms. The van der Waals surface area contributed by atoms with Crippen molar-refractivity contribution in [2.75, 3.05) is 5.73 Å². The van der Waals surface area contributed by atoms with Crippen LogP contribution >= 0.6 is 0 Å². The number of aromatic nitrogens is 3. The third kappa shape index (κ3) is 2.79. The van der Waals surface area contributed by atoms with Gasteiger partial charge in [-0.3, -0.25) is 4.40 Å². The van der Waals surface area contributed by atoms with Crippen molar-refractivity contribution in [2.24, 2.45) is 0 Å². The highest BCUT2D eigenvalue weighted by molar-refractivity contribution is 5.73. The highest BCUT2D eigenvalue weighted by Crippen LogP contribution is 2.31. The van der Waals surface area contributed by atoms with Crippen molar-refractivity contribution in [1.82, 2.24) is 14.6 Å². The highest BCUT2D eigenvalue weighted by Gasteiger charge is 2.31. The number of aryl methyl sites for hydroxylation is 2. The molecule has 23 heavy (non-hydrogen) atoms. The molecule has 1 aromatic carbocycles. The van der Waals surface area contributed by atoms with Crippen LogP contribution in [0.2, 0.25) is 0 Å². The second kappa shape index (κ2) is 5.15. The molecule has 0 bridgehead atoms. The number of nitrogens with two attached hydrogens (primary N) is 1. The van der Waals surface area contributed by atoms with E-state index in [0.29, 0.717) is 5.65 Å². The number of nitrogens with zero attached hydrogens (tertiary/aromatic N) is 3. The number of rotatable bonds is 2. The number of benzene rings is 1. The largest absolute Gasteiger partial charge is 0.573 e. The average molecular weight is 322 g/mol. The van der Waals surface area contributed by atoms with Crippen molar-refractivity contribution in [2.45, 2.75) is 20.2 Å². The van der Waals surface area contributed by atoms with Gasteiger partial charge in [-0.1, -0.05) is 12.1 Å². The first-order valence-corrected chi connectivity index (χ1v) is 6.73. The fourth-order valence-electron chi connectivity index (χ4n) is 2.67. The number of fused-ring (bicyclic) bond motifs is 1. The minimum Gasteiger partial charge on any atom is -0.406 e. The molecule has 0 aliphatic heterocycles. The summed E-state index contributed by atoms with van der Waals surface area (Å²) in [5.41, 5.74) is 9.79. The van der Waals surface area contributed by atoms with E-state index in [1.54, 1.807) is 16.5 Å². The van der Waals surface area contributed by atoms with Gasteiger partial charge in [0.05, 0.1) is 0 Å². The lowest BCUT2D eigenvalue weighted by molar-refractivity contribution is -0.274. The molecule has 0 radical (unpaired) electrons. The summed E-state index contributed by atoms with van der Waals surface area (Å²) in [7, 11) is 0. The Labute approximate surface area is 129 Å². The average Bonchev–Trinajstić information content (AvgIpc) is 2.80. The first-order valence-electron chi connectivity index (χ1n) is 6.73. The van der Waals surface area contributed by atoms with Crippen LogP contribution in [0.25, 0.3) is 16.8 Å². The van der Waals surface area contributed by atoms with Gasteiger partial charge in [-0.05, 0) is 43.2 Å². The van der Waals surface area contributed by atoms with Crippen LogP contribution in [0.1, 0.15) is 11.3 Å². The highest BCUT2D eigenvalue weighted by atomic mass is 19.4. The predicted octanol–water partition coefficient (Wildman–Crippen LogP) is 3.49. The normalized spacial score (nSPS) is 11.9. The summed E-state index contributed by atoms with van der Waals surface area (Å²) < 4.78 is 42.3. The topological polar surface area (TPSA) is 65.4 Å². The molecule has 2 heterocycles. The van der Waals surface area contributed by atoms with Gasteiger partial charge in [0, 0.05) is 11.3 Å². The number of nitrogen functional groups attached to an aromatic ring is 1. The number of pyridine rings is 1. The number of ether oxygens (including phenoxy) is 1. The Kier molecular flexibility index (Phi) is 3.39. The number of hydrogen-bond donors (Lipinski definition) is 1. The molecule has 0 saturated heterocycles. The van der Waals surface area contributed by atoms with E-state index < -0.39 is 6.36 Å². The van der Waals surface area contributed by atoms with Gasteiger partial charge in [0.2, 0.25) is 5.95 Å². The second-order valence-electron chi connectivity index (χ2n) is 5.11. The third-order valence-electron chi connectivity index (χ3n) is 3.53. The molecule has 0 saturated carbocycles. The standard InChI is InChI=1S/C15H13F3N4O/c1-8-7-12-20-21-14(19)22(12)9(2)13(8)10-3-5-11(6-4-10)23-15(16,17)18/h3-7H,1-2H3,(H2,19,21). The van der Waals surface area contributed by atoms with Crippen LogP contribution in [0.5, 0.6) is 5.75 Å². The number of halogens is 3. The van der Waals surface area contributed by atoms with E-state index >= 15 is 0 Å². The zero-order chi connectivity index (χ0) is 16.8. The summed E-state index contributed by atoms with van der Waals surface area (Å²) in [5.74, 6) is -0.00257. The molecule has 0 atom stereocenters. The molecule has 5 nitrogen and oxygen atoms in total. The van der Waals surface area contributed by atoms with E-state index in [-0.39, 0.29) is 11.7 Å². The van der Waals surface area contributed by atoms with Crippen molar-refractivity contribution in [3.63, 3.8) is 0 Å². The summed E-state index contributed by atoms with van der Waals surface area (Å²) in [5, 5.41) is 7.80. The molecular weight excluding hydrogens is 309 g/mol. The minimum atomic E-state index is -4.71. The van der Waals surface area contributed by atoms with Crippen LogP contribution in [0.3, 0.4) is 0 Å². The Morgan fingerprint density at radius 1 is 1.09 bits per heavy atom. The first kappa shape index (κ1) is 15.1. The molecule has 0 aliphatic carbocycles. The summed E-state index contributed by atoms with van der Waals surface area (Å²) in [6.45, 7) is 3.75. The lowest BCUT2D eigenvalue weighted by Gasteiger charge is -2.14. The van der Waals surface area contributed by atoms with Crippen LogP contribution in [-0.2, 0) is 0 Å². The molecule has 0 unspecified atom stereocenters. The van der Waals surface area contributed by atoms with Crippen LogP contribution in [0, 0.1) is 13.8 Å².